The van der Waals surface area contributed by atoms with Crippen LogP contribution in [0.5, 0.6) is 17.2 Å². The molecule has 0 unspecified atom stereocenters. The summed E-state index contributed by atoms with van der Waals surface area (Å²) in [4.78, 5) is 0. The molecule has 0 amide bonds. The van der Waals surface area contributed by atoms with E-state index in [0.29, 0.717) is 0 Å². The molecule has 26 heavy (non-hydrogen) atoms. The minimum Gasteiger partial charge on any atom is -0.386 e. The van der Waals surface area contributed by atoms with Crippen molar-refractivity contribution in [1.29, 1.82) is 0 Å². The van der Waals surface area contributed by atoms with Crippen molar-refractivity contribution in [2.24, 2.45) is 0 Å². The minimum atomic E-state index is -4.42. The molecule has 0 fully saturated rings. The average Bonchev–Trinajstić information content (AvgIpc) is 2.68. The van der Waals surface area contributed by atoms with Gasteiger partial charge in [-0.2, -0.15) is 4.57 Å². The Bertz CT molecular complexity index is 1010. The van der Waals surface area contributed by atoms with Gasteiger partial charge in [0.25, 0.3) is 0 Å². The number of rotatable bonds is 7. The minimum absolute atomic E-state index is 0.152. The van der Waals surface area contributed by atoms with E-state index < -0.39 is 27.4 Å². The Hall–Kier alpha value is -2.71. The quantitative estimate of drug-likeness (QED) is 0.446. The Kier molecular flexibility index (Phi) is 3.69. The number of phosphoric acid groups is 1. The normalized spacial score (nSPS) is 15.6. The van der Waals surface area contributed by atoms with Gasteiger partial charge >= 0.3 is 7.82 Å². The second-order valence-corrected chi connectivity index (χ2v) is 6.76. The SMILES string of the molecule is [2H]C([2H])([2H])C(c1ccccc1OP(=O)(Oc1ccccc1)Oc1ccccc1)C([2H])([2H])[2H]. The monoisotopic (exact) mass is 374 g/mol. The molecule has 0 saturated heterocycles. The Morgan fingerprint density at radius 1 is 0.731 bits per heavy atom. The van der Waals surface area contributed by atoms with Gasteiger partial charge in [0.1, 0.15) is 17.2 Å². The van der Waals surface area contributed by atoms with Crippen LogP contribution in [0.15, 0.2) is 84.9 Å². The fraction of sp³-hybridized carbons (Fsp3) is 0.143. The second-order valence-electron chi connectivity index (χ2n) is 5.32. The van der Waals surface area contributed by atoms with E-state index in [9.17, 15) is 4.57 Å². The van der Waals surface area contributed by atoms with Crippen molar-refractivity contribution >= 4 is 7.82 Å². The van der Waals surface area contributed by atoms with Crippen molar-refractivity contribution in [3.05, 3.63) is 90.5 Å². The van der Waals surface area contributed by atoms with Gasteiger partial charge in [-0.15, -0.1) is 0 Å². The standard InChI is InChI=1S/C21H21O4P/c1-17(2)20-15-9-10-16-21(20)25-26(22,23-18-11-5-3-6-12-18)24-19-13-7-4-8-14-19/h3-17H,1-2H3/i1D3,2D3. The fourth-order valence-corrected chi connectivity index (χ4v) is 3.48. The van der Waals surface area contributed by atoms with Crippen molar-refractivity contribution in [2.45, 2.75) is 19.6 Å². The Balaban J connectivity index is 2.04. The zero-order chi connectivity index (χ0) is 23.4. The number of phosphoric ester groups is 1. The lowest BCUT2D eigenvalue weighted by molar-refractivity contribution is 0.297. The number of benzene rings is 3. The first-order valence-electron chi connectivity index (χ1n) is 10.9. The number of para-hydroxylation sites is 3. The lowest BCUT2D eigenvalue weighted by Crippen LogP contribution is -2.09. The lowest BCUT2D eigenvalue weighted by atomic mass is 10.0. The molecule has 0 N–H and O–H groups in total. The van der Waals surface area contributed by atoms with E-state index in [2.05, 4.69) is 0 Å². The number of hydrogen-bond acceptors (Lipinski definition) is 4. The molecule has 0 aromatic heterocycles. The van der Waals surface area contributed by atoms with E-state index in [4.69, 9.17) is 21.8 Å². The van der Waals surface area contributed by atoms with Crippen molar-refractivity contribution < 1.29 is 26.4 Å². The highest BCUT2D eigenvalue weighted by molar-refractivity contribution is 7.49. The third-order valence-corrected chi connectivity index (χ3v) is 4.65. The van der Waals surface area contributed by atoms with Gasteiger partial charge in [0.15, 0.2) is 0 Å². The van der Waals surface area contributed by atoms with Crippen LogP contribution in [0.25, 0.3) is 0 Å². The first-order chi connectivity index (χ1) is 15.0. The maximum absolute atomic E-state index is 13.6. The zero-order valence-electron chi connectivity index (χ0n) is 19.7. The molecule has 134 valence electrons. The zero-order valence-corrected chi connectivity index (χ0v) is 14.6. The third-order valence-electron chi connectivity index (χ3n) is 3.36. The second kappa shape index (κ2) is 8.11. The molecule has 0 saturated carbocycles. The largest absolute Gasteiger partial charge is 0.647 e. The topological polar surface area (TPSA) is 44.8 Å². The van der Waals surface area contributed by atoms with Gasteiger partial charge in [0.05, 0.1) is 0 Å². The summed E-state index contributed by atoms with van der Waals surface area (Å²) < 4.78 is 76.9. The summed E-state index contributed by atoms with van der Waals surface area (Å²) in [5.41, 5.74) is -0.152. The summed E-state index contributed by atoms with van der Waals surface area (Å²) in [6.07, 6.45) is 0. The highest BCUT2D eigenvalue weighted by Gasteiger charge is 2.34. The van der Waals surface area contributed by atoms with Crippen LogP contribution in [0.1, 0.15) is 33.4 Å². The van der Waals surface area contributed by atoms with Crippen LogP contribution < -0.4 is 13.6 Å². The molecule has 0 atom stereocenters. The van der Waals surface area contributed by atoms with Crippen LogP contribution in [-0.2, 0) is 4.57 Å². The van der Waals surface area contributed by atoms with E-state index in [-0.39, 0.29) is 22.8 Å². The first-order valence-corrected chi connectivity index (χ1v) is 9.32. The Morgan fingerprint density at radius 3 is 1.77 bits per heavy atom. The van der Waals surface area contributed by atoms with E-state index >= 15 is 0 Å². The van der Waals surface area contributed by atoms with Crippen LogP contribution >= 0.6 is 7.82 Å². The molecule has 5 heteroatoms. The molecular weight excluding hydrogens is 347 g/mol. The molecule has 0 bridgehead atoms. The van der Waals surface area contributed by atoms with E-state index in [1.54, 1.807) is 60.7 Å². The van der Waals surface area contributed by atoms with Gasteiger partial charge in [0, 0.05) is 8.22 Å². The Labute approximate surface area is 162 Å². The van der Waals surface area contributed by atoms with E-state index in [1.165, 1.54) is 24.3 Å². The maximum atomic E-state index is 13.6. The molecule has 0 radical (unpaired) electrons. The van der Waals surface area contributed by atoms with Crippen molar-refractivity contribution in [3.8, 4) is 17.2 Å². The summed E-state index contributed by atoms with van der Waals surface area (Å²) in [5, 5.41) is 0. The smallest absolute Gasteiger partial charge is 0.386 e. The van der Waals surface area contributed by atoms with Gasteiger partial charge in [-0.05, 0) is 41.8 Å². The van der Waals surface area contributed by atoms with Gasteiger partial charge in [-0.3, -0.25) is 0 Å². The van der Waals surface area contributed by atoms with Crippen molar-refractivity contribution in [1.82, 2.24) is 0 Å². The molecule has 3 rings (SSSR count). The summed E-state index contributed by atoms with van der Waals surface area (Å²) in [7, 11) is -4.42. The van der Waals surface area contributed by atoms with Gasteiger partial charge in [-0.25, -0.2) is 0 Å². The summed E-state index contributed by atoms with van der Waals surface area (Å²) in [6, 6.07) is 21.9. The number of hydrogen-bond donors (Lipinski definition) is 0. The van der Waals surface area contributed by atoms with Crippen LogP contribution in [0.2, 0.25) is 0 Å². The highest BCUT2D eigenvalue weighted by atomic mass is 31.2. The van der Waals surface area contributed by atoms with Crippen LogP contribution in [-0.4, -0.2) is 0 Å². The van der Waals surface area contributed by atoms with E-state index in [0.717, 1.165) is 0 Å². The maximum Gasteiger partial charge on any atom is 0.647 e. The molecule has 3 aromatic carbocycles. The first kappa shape index (κ1) is 11.8. The average molecular weight is 374 g/mol. The summed E-state index contributed by atoms with van der Waals surface area (Å²) in [5.74, 6) is -1.71. The van der Waals surface area contributed by atoms with Gasteiger partial charge in [-0.1, -0.05) is 68.3 Å². The highest BCUT2D eigenvalue weighted by Crippen LogP contribution is 2.50. The van der Waals surface area contributed by atoms with E-state index in [1.807, 2.05) is 0 Å². The molecule has 4 nitrogen and oxygen atoms in total. The van der Waals surface area contributed by atoms with Crippen molar-refractivity contribution in [2.75, 3.05) is 0 Å². The summed E-state index contributed by atoms with van der Waals surface area (Å²) >= 11 is 0. The molecule has 0 aliphatic heterocycles. The molecule has 0 spiro atoms. The van der Waals surface area contributed by atoms with Gasteiger partial charge < -0.3 is 13.6 Å². The predicted octanol–water partition coefficient (Wildman–Crippen LogP) is 6.45. The summed E-state index contributed by atoms with van der Waals surface area (Å²) in [6.45, 7) is -5.73. The molecule has 0 aliphatic rings. The van der Waals surface area contributed by atoms with Gasteiger partial charge in [0.2, 0.25) is 0 Å². The van der Waals surface area contributed by atoms with Crippen LogP contribution in [0.3, 0.4) is 0 Å². The lowest BCUT2D eigenvalue weighted by Gasteiger charge is -2.21. The van der Waals surface area contributed by atoms with Crippen LogP contribution in [0, 0.1) is 0 Å². The predicted molar refractivity (Wildman–Crippen MR) is 103 cm³/mol. The van der Waals surface area contributed by atoms with Crippen molar-refractivity contribution in [3.63, 3.8) is 0 Å². The molecular formula is C21H21O4P. The van der Waals surface area contributed by atoms with Crippen LogP contribution in [0.4, 0.5) is 0 Å². The Morgan fingerprint density at radius 2 is 1.23 bits per heavy atom. The third kappa shape index (κ3) is 4.68. The molecule has 0 heterocycles. The molecule has 0 aliphatic carbocycles. The molecule has 3 aromatic rings. The fourth-order valence-electron chi connectivity index (χ4n) is 2.20.